The van der Waals surface area contributed by atoms with Crippen LogP contribution >= 0.6 is 11.6 Å². The van der Waals surface area contributed by atoms with Crippen LogP contribution < -0.4 is 15.5 Å². The fourth-order valence-electron chi connectivity index (χ4n) is 4.75. The van der Waals surface area contributed by atoms with Gasteiger partial charge in [0.15, 0.2) is 0 Å². The summed E-state index contributed by atoms with van der Waals surface area (Å²) in [6.45, 7) is 1.35. The zero-order valence-corrected chi connectivity index (χ0v) is 22.2. The predicted molar refractivity (Wildman–Crippen MR) is 151 cm³/mol. The van der Waals surface area contributed by atoms with Crippen molar-refractivity contribution >= 4 is 41.1 Å². The topological polar surface area (TPSA) is 78.5 Å². The van der Waals surface area contributed by atoms with Crippen LogP contribution in [0.25, 0.3) is 6.08 Å². The molecule has 1 aliphatic carbocycles. The van der Waals surface area contributed by atoms with E-state index in [1.165, 1.54) is 18.2 Å². The lowest BCUT2D eigenvalue weighted by atomic mass is 9.94. The lowest BCUT2D eigenvalue weighted by Crippen LogP contribution is -2.49. The molecular formula is C31H32ClN3O3. The number of anilines is 1. The van der Waals surface area contributed by atoms with Gasteiger partial charge in [0.2, 0.25) is 11.8 Å². The molecule has 7 heteroatoms. The molecule has 0 radical (unpaired) electrons. The molecule has 0 aliphatic heterocycles. The molecule has 196 valence electrons. The normalized spacial score (nSPS) is 14.8. The van der Waals surface area contributed by atoms with Crippen molar-refractivity contribution in [3.63, 3.8) is 0 Å². The second-order valence-corrected chi connectivity index (χ2v) is 9.89. The minimum absolute atomic E-state index is 0.0510. The van der Waals surface area contributed by atoms with E-state index < -0.39 is 17.9 Å². The van der Waals surface area contributed by atoms with E-state index in [2.05, 4.69) is 10.6 Å². The number of hydrogen-bond donors (Lipinski definition) is 2. The number of nitrogens with zero attached hydrogens (tertiary/aromatic N) is 1. The van der Waals surface area contributed by atoms with E-state index >= 15 is 0 Å². The van der Waals surface area contributed by atoms with E-state index in [-0.39, 0.29) is 17.6 Å². The maximum absolute atomic E-state index is 14.3. The molecule has 38 heavy (non-hydrogen) atoms. The van der Waals surface area contributed by atoms with Crippen molar-refractivity contribution in [2.75, 3.05) is 4.90 Å². The fourth-order valence-corrected chi connectivity index (χ4v) is 4.87. The summed E-state index contributed by atoms with van der Waals surface area (Å²) in [4.78, 5) is 41.9. The van der Waals surface area contributed by atoms with E-state index in [0.717, 1.165) is 25.7 Å². The zero-order chi connectivity index (χ0) is 26.9. The minimum atomic E-state index is -0.949. The summed E-state index contributed by atoms with van der Waals surface area (Å²) in [6, 6.07) is 24.4. The summed E-state index contributed by atoms with van der Waals surface area (Å²) in [6.07, 6.45) is 6.73. The summed E-state index contributed by atoms with van der Waals surface area (Å²) >= 11 is 6.04. The monoisotopic (exact) mass is 529 g/mol. The average molecular weight is 530 g/mol. The van der Waals surface area contributed by atoms with E-state index in [4.69, 9.17) is 11.6 Å². The number of para-hydroxylation sites is 1. The van der Waals surface area contributed by atoms with Gasteiger partial charge in [-0.1, -0.05) is 91.5 Å². The molecule has 0 bridgehead atoms. The number of rotatable bonds is 8. The maximum atomic E-state index is 14.3. The van der Waals surface area contributed by atoms with E-state index in [0.29, 0.717) is 21.8 Å². The Labute approximate surface area is 228 Å². The first-order valence-electron chi connectivity index (χ1n) is 12.9. The lowest BCUT2D eigenvalue weighted by Gasteiger charge is -2.34. The van der Waals surface area contributed by atoms with E-state index in [9.17, 15) is 14.4 Å². The molecule has 0 saturated heterocycles. The van der Waals surface area contributed by atoms with Gasteiger partial charge in [-0.05, 0) is 54.3 Å². The molecule has 3 amide bonds. The van der Waals surface area contributed by atoms with Gasteiger partial charge >= 0.3 is 0 Å². The highest BCUT2D eigenvalue weighted by Crippen LogP contribution is 2.30. The van der Waals surface area contributed by atoms with Crippen LogP contribution in [0, 0.1) is 0 Å². The second kappa shape index (κ2) is 13.1. The van der Waals surface area contributed by atoms with Crippen molar-refractivity contribution in [2.24, 2.45) is 0 Å². The molecule has 3 aromatic rings. The third-order valence-electron chi connectivity index (χ3n) is 6.55. The van der Waals surface area contributed by atoms with E-state index in [1.54, 1.807) is 42.5 Å². The largest absolute Gasteiger partial charge is 0.351 e. The number of halogens is 1. The van der Waals surface area contributed by atoms with Crippen LogP contribution in [0.4, 0.5) is 5.69 Å². The SMILES string of the molecule is CC(=O)N/C(=C\c1ccc(Cl)cc1)C(=O)N(c1ccccc1)C(C(=O)NC1CCCCC1)c1ccccc1. The van der Waals surface area contributed by atoms with Gasteiger partial charge in [-0.2, -0.15) is 0 Å². The van der Waals surface area contributed by atoms with Crippen LogP contribution in [0.5, 0.6) is 0 Å². The van der Waals surface area contributed by atoms with Gasteiger partial charge in [-0.3, -0.25) is 19.3 Å². The molecule has 1 atom stereocenters. The second-order valence-electron chi connectivity index (χ2n) is 9.46. The molecule has 3 aromatic carbocycles. The molecule has 6 nitrogen and oxygen atoms in total. The minimum Gasteiger partial charge on any atom is -0.351 e. The molecular weight excluding hydrogens is 498 g/mol. The Morgan fingerprint density at radius 3 is 2.08 bits per heavy atom. The number of carbonyl (C=O) groups is 3. The number of amides is 3. The number of carbonyl (C=O) groups excluding carboxylic acids is 3. The van der Waals surface area contributed by atoms with Gasteiger partial charge in [-0.25, -0.2) is 0 Å². The van der Waals surface area contributed by atoms with Crippen molar-refractivity contribution in [3.8, 4) is 0 Å². The van der Waals surface area contributed by atoms with Crippen molar-refractivity contribution in [1.29, 1.82) is 0 Å². The summed E-state index contributed by atoms with van der Waals surface area (Å²) < 4.78 is 0. The van der Waals surface area contributed by atoms with Gasteiger partial charge in [0.1, 0.15) is 11.7 Å². The van der Waals surface area contributed by atoms with Gasteiger partial charge in [-0.15, -0.1) is 0 Å². The number of nitrogens with one attached hydrogen (secondary N) is 2. The van der Waals surface area contributed by atoms with Crippen molar-refractivity contribution in [1.82, 2.24) is 10.6 Å². The van der Waals surface area contributed by atoms with Crippen molar-refractivity contribution in [2.45, 2.75) is 51.1 Å². The van der Waals surface area contributed by atoms with Crippen LogP contribution in [0.3, 0.4) is 0 Å². The molecule has 1 aliphatic rings. The molecule has 0 spiro atoms. The summed E-state index contributed by atoms with van der Waals surface area (Å²) in [7, 11) is 0. The van der Waals surface area contributed by atoms with Crippen LogP contribution in [0.2, 0.25) is 5.02 Å². The van der Waals surface area contributed by atoms with Gasteiger partial charge < -0.3 is 10.6 Å². The first kappa shape index (κ1) is 27.1. The quantitative estimate of drug-likeness (QED) is 0.349. The van der Waals surface area contributed by atoms with Crippen LogP contribution in [-0.4, -0.2) is 23.8 Å². The van der Waals surface area contributed by atoms with Crippen molar-refractivity contribution in [3.05, 3.63) is 107 Å². The number of hydrogen-bond acceptors (Lipinski definition) is 3. The number of benzene rings is 3. The predicted octanol–water partition coefficient (Wildman–Crippen LogP) is 6.04. The standard InChI is InChI=1S/C31H32ClN3O3/c1-22(36)33-28(21-23-17-19-25(32)20-18-23)31(38)35(27-15-9-4-10-16-27)29(24-11-5-2-6-12-24)30(37)34-26-13-7-3-8-14-26/h2,4-6,9-12,15-21,26,29H,3,7-8,13-14H2,1H3,(H,33,36)(H,34,37)/b28-21-. The van der Waals surface area contributed by atoms with Crippen LogP contribution in [0.1, 0.15) is 56.2 Å². The summed E-state index contributed by atoms with van der Waals surface area (Å²) in [5.74, 6) is -1.16. The molecule has 2 N–H and O–H groups in total. The van der Waals surface area contributed by atoms with Crippen LogP contribution in [0.15, 0.2) is 90.6 Å². The Hall–Kier alpha value is -3.90. The smallest absolute Gasteiger partial charge is 0.275 e. The Balaban J connectivity index is 1.80. The molecule has 0 heterocycles. The molecule has 1 fully saturated rings. The molecule has 0 aromatic heterocycles. The molecule has 1 saturated carbocycles. The Bertz CT molecular complexity index is 1270. The Morgan fingerprint density at radius 1 is 0.868 bits per heavy atom. The zero-order valence-electron chi connectivity index (χ0n) is 21.4. The van der Waals surface area contributed by atoms with Gasteiger partial charge in [0, 0.05) is 23.7 Å². The third-order valence-corrected chi connectivity index (χ3v) is 6.80. The first-order chi connectivity index (χ1) is 18.4. The molecule has 4 rings (SSSR count). The molecule has 1 unspecified atom stereocenters. The Morgan fingerprint density at radius 2 is 1.47 bits per heavy atom. The van der Waals surface area contributed by atoms with Crippen LogP contribution in [-0.2, 0) is 14.4 Å². The Kier molecular flexibility index (Phi) is 9.33. The highest BCUT2D eigenvalue weighted by Gasteiger charge is 2.35. The summed E-state index contributed by atoms with van der Waals surface area (Å²) in [5, 5.41) is 6.45. The lowest BCUT2D eigenvalue weighted by molar-refractivity contribution is -0.126. The van der Waals surface area contributed by atoms with Gasteiger partial charge in [0.05, 0.1) is 0 Å². The average Bonchev–Trinajstić information content (AvgIpc) is 2.93. The first-order valence-corrected chi connectivity index (χ1v) is 13.3. The highest BCUT2D eigenvalue weighted by atomic mass is 35.5. The fraction of sp³-hybridized carbons (Fsp3) is 0.258. The highest BCUT2D eigenvalue weighted by molar-refractivity contribution is 6.30. The third kappa shape index (κ3) is 7.11. The maximum Gasteiger partial charge on any atom is 0.275 e. The van der Waals surface area contributed by atoms with Crippen molar-refractivity contribution < 1.29 is 14.4 Å². The van der Waals surface area contributed by atoms with E-state index in [1.807, 2.05) is 48.5 Å². The summed E-state index contributed by atoms with van der Waals surface area (Å²) in [5.41, 5.74) is 1.95. The van der Waals surface area contributed by atoms with Gasteiger partial charge in [0.25, 0.3) is 5.91 Å².